The largest absolute Gasteiger partial charge is 0.459 e. The van der Waals surface area contributed by atoms with E-state index in [0.717, 1.165) is 36.7 Å². The van der Waals surface area contributed by atoms with Gasteiger partial charge in [0.15, 0.2) is 11.7 Å². The van der Waals surface area contributed by atoms with E-state index >= 15 is 0 Å². The Kier molecular flexibility index (Phi) is 6.47. The highest BCUT2D eigenvalue weighted by Crippen LogP contribution is 2.22. The third kappa shape index (κ3) is 5.22. The monoisotopic (exact) mass is 414 g/mol. The number of anilines is 1. The summed E-state index contributed by atoms with van der Waals surface area (Å²) in [6, 6.07) is 21.6. The van der Waals surface area contributed by atoms with E-state index in [9.17, 15) is 4.79 Å². The standard InChI is InChI=1S/C25H26N4O2/c1-26-25(29-14-12-21(13-15-29)20-8-3-2-4-9-20)27-18-19-7-5-10-22(17-19)28-24(30)23-11-6-16-31-23/h2-12,16-17H,13-15,18H2,1H3,(H,26,27)(H,28,30). The van der Waals surface area contributed by atoms with E-state index < -0.39 is 0 Å². The highest BCUT2D eigenvalue weighted by Gasteiger charge is 2.16. The van der Waals surface area contributed by atoms with Crippen LogP contribution in [-0.4, -0.2) is 36.9 Å². The van der Waals surface area contributed by atoms with Gasteiger partial charge in [-0.25, -0.2) is 0 Å². The van der Waals surface area contributed by atoms with Crippen molar-refractivity contribution >= 4 is 23.1 Å². The molecule has 0 spiro atoms. The molecule has 1 aliphatic rings. The maximum Gasteiger partial charge on any atom is 0.291 e. The minimum Gasteiger partial charge on any atom is -0.459 e. The van der Waals surface area contributed by atoms with Gasteiger partial charge in [-0.05, 0) is 47.4 Å². The first-order chi connectivity index (χ1) is 15.2. The molecule has 1 aromatic heterocycles. The van der Waals surface area contributed by atoms with Crippen molar-refractivity contribution in [3.8, 4) is 0 Å². The summed E-state index contributed by atoms with van der Waals surface area (Å²) in [5, 5.41) is 6.29. The molecule has 2 aromatic carbocycles. The minimum absolute atomic E-state index is 0.264. The Bertz CT molecular complexity index is 1070. The molecule has 0 radical (unpaired) electrons. The first kappa shape index (κ1) is 20.5. The zero-order valence-corrected chi connectivity index (χ0v) is 17.5. The molecule has 1 aliphatic heterocycles. The predicted molar refractivity (Wildman–Crippen MR) is 124 cm³/mol. The van der Waals surface area contributed by atoms with Crippen LogP contribution in [0.3, 0.4) is 0 Å². The molecule has 0 saturated heterocycles. The molecule has 158 valence electrons. The lowest BCUT2D eigenvalue weighted by atomic mass is 10.00. The number of carbonyl (C=O) groups excluding carboxylic acids is 1. The van der Waals surface area contributed by atoms with Crippen LogP contribution in [0.25, 0.3) is 5.57 Å². The Morgan fingerprint density at radius 1 is 1.10 bits per heavy atom. The minimum atomic E-state index is -0.264. The van der Waals surface area contributed by atoms with Gasteiger partial charge in [0.1, 0.15) is 0 Å². The molecule has 0 unspecified atom stereocenters. The highest BCUT2D eigenvalue weighted by atomic mass is 16.3. The number of hydrogen-bond donors (Lipinski definition) is 2. The molecular weight excluding hydrogens is 388 g/mol. The molecule has 0 aliphatic carbocycles. The third-order valence-corrected chi connectivity index (χ3v) is 5.25. The molecular formula is C25H26N4O2. The van der Waals surface area contributed by atoms with Gasteiger partial charge in [-0.3, -0.25) is 9.79 Å². The number of carbonyl (C=O) groups is 1. The van der Waals surface area contributed by atoms with Crippen molar-refractivity contribution in [3.05, 3.63) is 96.0 Å². The van der Waals surface area contributed by atoms with Gasteiger partial charge >= 0.3 is 0 Å². The lowest BCUT2D eigenvalue weighted by Crippen LogP contribution is -2.43. The predicted octanol–water partition coefficient (Wildman–Crippen LogP) is 4.40. The summed E-state index contributed by atoms with van der Waals surface area (Å²) in [6.07, 6.45) is 4.74. The second-order valence-electron chi connectivity index (χ2n) is 7.32. The number of benzene rings is 2. The van der Waals surface area contributed by atoms with E-state index in [4.69, 9.17) is 4.42 Å². The SMILES string of the molecule is CN=C(NCc1cccc(NC(=O)c2ccco2)c1)N1CC=C(c2ccccc2)CC1. The van der Waals surface area contributed by atoms with Crippen LogP contribution in [-0.2, 0) is 6.54 Å². The van der Waals surface area contributed by atoms with Gasteiger partial charge in [-0.15, -0.1) is 0 Å². The van der Waals surface area contributed by atoms with E-state index in [1.165, 1.54) is 17.4 Å². The molecule has 4 rings (SSSR count). The first-order valence-corrected chi connectivity index (χ1v) is 10.4. The normalized spacial score (nSPS) is 14.2. The van der Waals surface area contributed by atoms with Crippen LogP contribution in [0.15, 0.2) is 88.5 Å². The molecule has 31 heavy (non-hydrogen) atoms. The number of guanidine groups is 1. The Morgan fingerprint density at radius 3 is 2.68 bits per heavy atom. The van der Waals surface area contributed by atoms with Gasteiger partial charge < -0.3 is 20.0 Å². The number of nitrogens with zero attached hydrogens (tertiary/aromatic N) is 2. The average Bonchev–Trinajstić information content (AvgIpc) is 3.36. The van der Waals surface area contributed by atoms with Crippen molar-refractivity contribution in [1.82, 2.24) is 10.2 Å². The summed E-state index contributed by atoms with van der Waals surface area (Å²) in [6.45, 7) is 2.35. The second-order valence-corrected chi connectivity index (χ2v) is 7.32. The van der Waals surface area contributed by atoms with E-state index in [2.05, 4.69) is 50.9 Å². The highest BCUT2D eigenvalue weighted by molar-refractivity contribution is 6.02. The second kappa shape index (κ2) is 9.80. The van der Waals surface area contributed by atoms with Crippen molar-refractivity contribution in [1.29, 1.82) is 0 Å². The summed E-state index contributed by atoms with van der Waals surface area (Å²) in [5.74, 6) is 0.894. The molecule has 0 bridgehead atoms. The number of furan rings is 1. The van der Waals surface area contributed by atoms with Crippen LogP contribution in [0.1, 0.15) is 28.1 Å². The summed E-state index contributed by atoms with van der Waals surface area (Å²) in [4.78, 5) is 18.9. The Morgan fingerprint density at radius 2 is 1.97 bits per heavy atom. The first-order valence-electron chi connectivity index (χ1n) is 10.4. The fraction of sp³-hybridized carbons (Fsp3) is 0.200. The lowest BCUT2D eigenvalue weighted by molar-refractivity contribution is 0.0996. The summed E-state index contributed by atoms with van der Waals surface area (Å²) in [5.41, 5.74) is 4.45. The summed E-state index contributed by atoms with van der Waals surface area (Å²) in [7, 11) is 1.80. The molecule has 0 saturated carbocycles. The van der Waals surface area contributed by atoms with Crippen LogP contribution in [0, 0.1) is 0 Å². The molecule has 0 atom stereocenters. The number of amides is 1. The maximum absolute atomic E-state index is 12.2. The van der Waals surface area contributed by atoms with E-state index in [-0.39, 0.29) is 11.7 Å². The van der Waals surface area contributed by atoms with Gasteiger partial charge in [-0.1, -0.05) is 48.5 Å². The third-order valence-electron chi connectivity index (χ3n) is 5.25. The smallest absolute Gasteiger partial charge is 0.291 e. The van der Waals surface area contributed by atoms with Crippen molar-refractivity contribution in [2.24, 2.45) is 4.99 Å². The number of rotatable bonds is 5. The van der Waals surface area contributed by atoms with E-state index in [0.29, 0.717) is 6.54 Å². The zero-order valence-electron chi connectivity index (χ0n) is 17.5. The quantitative estimate of drug-likeness (QED) is 0.480. The van der Waals surface area contributed by atoms with Gasteiger partial charge in [-0.2, -0.15) is 0 Å². The fourth-order valence-electron chi connectivity index (χ4n) is 3.65. The lowest BCUT2D eigenvalue weighted by Gasteiger charge is -2.30. The molecule has 6 nitrogen and oxygen atoms in total. The van der Waals surface area contributed by atoms with Crippen molar-refractivity contribution in [2.45, 2.75) is 13.0 Å². The molecule has 1 amide bonds. The van der Waals surface area contributed by atoms with Crippen LogP contribution in [0.4, 0.5) is 5.69 Å². The van der Waals surface area contributed by atoms with Crippen molar-refractivity contribution < 1.29 is 9.21 Å². The molecule has 2 N–H and O–H groups in total. The summed E-state index contributed by atoms with van der Waals surface area (Å²) < 4.78 is 5.14. The van der Waals surface area contributed by atoms with Gasteiger partial charge in [0, 0.05) is 32.4 Å². The molecule has 2 heterocycles. The molecule has 3 aromatic rings. The Hall–Kier alpha value is -3.80. The number of nitrogens with one attached hydrogen (secondary N) is 2. The van der Waals surface area contributed by atoms with Gasteiger partial charge in [0.25, 0.3) is 5.91 Å². The van der Waals surface area contributed by atoms with Gasteiger partial charge in [0.2, 0.25) is 0 Å². The molecule has 6 heteroatoms. The molecule has 0 fully saturated rings. The average molecular weight is 415 g/mol. The van der Waals surface area contributed by atoms with Crippen LogP contribution >= 0.6 is 0 Å². The summed E-state index contributed by atoms with van der Waals surface area (Å²) >= 11 is 0. The number of aliphatic imine (C=N–C) groups is 1. The van der Waals surface area contributed by atoms with Crippen LogP contribution < -0.4 is 10.6 Å². The van der Waals surface area contributed by atoms with Crippen molar-refractivity contribution in [2.75, 3.05) is 25.5 Å². The Labute approximate surface area is 182 Å². The van der Waals surface area contributed by atoms with E-state index in [1.807, 2.05) is 30.3 Å². The van der Waals surface area contributed by atoms with Crippen molar-refractivity contribution in [3.63, 3.8) is 0 Å². The van der Waals surface area contributed by atoms with Crippen LogP contribution in [0.2, 0.25) is 0 Å². The Balaban J connectivity index is 1.34. The maximum atomic E-state index is 12.2. The number of hydrogen-bond acceptors (Lipinski definition) is 3. The van der Waals surface area contributed by atoms with Crippen LogP contribution in [0.5, 0.6) is 0 Å². The zero-order chi connectivity index (χ0) is 21.5. The van der Waals surface area contributed by atoms with E-state index in [1.54, 1.807) is 19.2 Å². The topological polar surface area (TPSA) is 69.9 Å². The fourth-order valence-corrected chi connectivity index (χ4v) is 3.65. The van der Waals surface area contributed by atoms with Gasteiger partial charge in [0.05, 0.1) is 6.26 Å².